The summed E-state index contributed by atoms with van der Waals surface area (Å²) >= 11 is 4.04. The number of thiol groups is 1. The highest BCUT2D eigenvalue weighted by molar-refractivity contribution is 7.80. The highest BCUT2D eigenvalue weighted by atomic mass is 32.1. The molecular formula is C24H38N6O8S. The van der Waals surface area contributed by atoms with Gasteiger partial charge in [-0.25, -0.2) is 4.79 Å². The van der Waals surface area contributed by atoms with Crippen LogP contribution < -0.4 is 32.7 Å². The van der Waals surface area contributed by atoms with Crippen LogP contribution in [0.2, 0.25) is 0 Å². The Hall–Kier alpha value is -3.40. The summed E-state index contributed by atoms with van der Waals surface area (Å²) in [5.41, 5.74) is 11.8. The van der Waals surface area contributed by atoms with E-state index >= 15 is 0 Å². The lowest BCUT2D eigenvalue weighted by atomic mass is 10.1. The summed E-state index contributed by atoms with van der Waals surface area (Å²) < 4.78 is 0. The molecule has 1 rings (SSSR count). The van der Waals surface area contributed by atoms with Crippen molar-refractivity contribution in [3.8, 4) is 5.75 Å². The first-order chi connectivity index (χ1) is 18.4. The summed E-state index contributed by atoms with van der Waals surface area (Å²) in [7, 11) is 0. The number of aliphatic hydroxyl groups is 1. The Morgan fingerprint density at radius 2 is 1.59 bits per heavy atom. The number of aliphatic hydroxyl groups excluding tert-OH is 1. The van der Waals surface area contributed by atoms with Crippen molar-refractivity contribution in [2.75, 3.05) is 18.8 Å². The number of benzene rings is 1. The van der Waals surface area contributed by atoms with Gasteiger partial charge in [0.15, 0.2) is 0 Å². The molecule has 0 unspecified atom stereocenters. The Labute approximate surface area is 231 Å². The molecular weight excluding hydrogens is 532 g/mol. The number of nitrogens with one attached hydrogen (secondary N) is 4. The van der Waals surface area contributed by atoms with Crippen LogP contribution in [0.25, 0.3) is 0 Å². The second-order valence-electron chi connectivity index (χ2n) is 8.91. The molecule has 0 saturated heterocycles. The normalized spacial score (nSPS) is 14.7. The minimum atomic E-state index is -1.41. The number of carboxylic acid groups (broad SMARTS) is 1. The summed E-state index contributed by atoms with van der Waals surface area (Å²) in [5.74, 6) is -4.59. The number of phenols is 1. The third kappa shape index (κ3) is 12.3. The number of aliphatic carboxylic acids is 1. The van der Waals surface area contributed by atoms with E-state index in [-0.39, 0.29) is 17.9 Å². The van der Waals surface area contributed by atoms with Crippen molar-refractivity contribution in [2.45, 2.75) is 62.9 Å². The fraction of sp³-hybridized carbons (Fsp3) is 0.542. The highest BCUT2D eigenvalue weighted by Gasteiger charge is 2.31. The van der Waals surface area contributed by atoms with E-state index in [0.717, 1.165) is 0 Å². The van der Waals surface area contributed by atoms with Crippen molar-refractivity contribution in [3.63, 3.8) is 0 Å². The van der Waals surface area contributed by atoms with E-state index in [0.29, 0.717) is 31.4 Å². The van der Waals surface area contributed by atoms with Gasteiger partial charge in [-0.15, -0.1) is 0 Å². The molecule has 0 fully saturated rings. The Kier molecular flexibility index (Phi) is 14.9. The zero-order chi connectivity index (χ0) is 29.5. The average molecular weight is 571 g/mol. The van der Waals surface area contributed by atoms with Crippen molar-refractivity contribution in [1.29, 1.82) is 0 Å². The summed E-state index contributed by atoms with van der Waals surface area (Å²) in [6, 6.07) is 0.925. The predicted octanol–water partition coefficient (Wildman–Crippen LogP) is -2.64. The molecule has 0 aliphatic rings. The Morgan fingerprint density at radius 1 is 0.949 bits per heavy atom. The van der Waals surface area contributed by atoms with Gasteiger partial charge in [0, 0.05) is 12.2 Å². The minimum Gasteiger partial charge on any atom is -0.508 e. The van der Waals surface area contributed by atoms with Crippen LogP contribution >= 0.6 is 12.6 Å². The quantitative estimate of drug-likeness (QED) is 0.0688. The molecule has 0 radical (unpaired) electrons. The number of unbranched alkanes of at least 4 members (excludes halogenated alkanes) is 1. The number of phenolic OH excluding ortho intramolecular Hbond substituents is 1. The molecule has 4 amide bonds. The molecule has 218 valence electrons. The third-order valence-corrected chi connectivity index (χ3v) is 5.98. The lowest BCUT2D eigenvalue weighted by molar-refractivity contribution is -0.141. The molecule has 0 saturated carbocycles. The van der Waals surface area contributed by atoms with E-state index in [2.05, 4.69) is 33.9 Å². The maximum absolute atomic E-state index is 12.7. The molecule has 39 heavy (non-hydrogen) atoms. The maximum atomic E-state index is 12.7. The van der Waals surface area contributed by atoms with E-state index in [1.54, 1.807) is 0 Å². The molecule has 11 N–H and O–H groups in total. The molecule has 0 aliphatic heterocycles. The van der Waals surface area contributed by atoms with Crippen molar-refractivity contribution in [1.82, 2.24) is 21.3 Å². The van der Waals surface area contributed by atoms with E-state index in [9.17, 15) is 39.3 Å². The average Bonchev–Trinajstić information content (AvgIpc) is 2.89. The molecule has 1 aromatic carbocycles. The first kappa shape index (κ1) is 33.6. The molecule has 5 atom stereocenters. The van der Waals surface area contributed by atoms with Gasteiger partial charge in [0.05, 0.1) is 18.7 Å². The van der Waals surface area contributed by atoms with E-state index in [4.69, 9.17) is 11.5 Å². The van der Waals surface area contributed by atoms with E-state index in [1.807, 2.05) is 0 Å². The van der Waals surface area contributed by atoms with Gasteiger partial charge in [-0.05, 0) is 44.0 Å². The van der Waals surface area contributed by atoms with Crippen LogP contribution in [-0.4, -0.2) is 94.0 Å². The summed E-state index contributed by atoms with van der Waals surface area (Å²) in [6.45, 7) is 1.13. The molecule has 0 aromatic heterocycles. The monoisotopic (exact) mass is 570 g/mol. The number of amides is 4. The number of carbonyl (C=O) groups is 5. The Bertz CT molecular complexity index is 978. The second kappa shape index (κ2) is 17.2. The Morgan fingerprint density at radius 3 is 2.13 bits per heavy atom. The molecule has 14 nitrogen and oxygen atoms in total. The molecule has 1 aromatic rings. The predicted molar refractivity (Wildman–Crippen MR) is 145 cm³/mol. The number of carbonyl (C=O) groups excluding carboxylic acids is 4. The summed E-state index contributed by atoms with van der Waals surface area (Å²) in [4.78, 5) is 61.4. The summed E-state index contributed by atoms with van der Waals surface area (Å²) in [6.07, 6.45) is 0.233. The van der Waals surface area contributed by atoms with Crippen LogP contribution in [0, 0.1) is 0 Å². The van der Waals surface area contributed by atoms with E-state index in [1.165, 1.54) is 31.2 Å². The molecule has 0 spiro atoms. The standard InChI is InChI=1S/C24H38N6O8S/c1-13(31)20(30-21(34)16(26)4-2-3-9-25)23(36)29-18(12-39)22(35)27-11-19(33)28-17(24(37)38)10-14-5-7-15(32)8-6-14/h5-8,13,16-18,20,31-32,39H,2-4,9-12,25-26H2,1H3,(H,27,35)(H,28,33)(H,29,36)(H,30,34)(H,37,38)/t13-,16+,17+,18+,20+/m1/s1. The van der Waals surface area contributed by atoms with Crippen LogP contribution in [0.4, 0.5) is 0 Å². The number of rotatable bonds is 17. The molecule has 0 aliphatic carbocycles. The zero-order valence-electron chi connectivity index (χ0n) is 21.6. The number of aromatic hydroxyl groups is 1. The topological polar surface area (TPSA) is 246 Å². The van der Waals surface area contributed by atoms with Crippen molar-refractivity contribution < 1.29 is 39.3 Å². The lowest BCUT2D eigenvalue weighted by Crippen LogP contribution is -2.59. The van der Waals surface area contributed by atoms with Gasteiger partial charge in [-0.3, -0.25) is 19.2 Å². The van der Waals surface area contributed by atoms with Crippen LogP contribution in [0.15, 0.2) is 24.3 Å². The van der Waals surface area contributed by atoms with Gasteiger partial charge in [0.25, 0.3) is 0 Å². The number of nitrogens with two attached hydrogens (primary N) is 2. The van der Waals surface area contributed by atoms with Gasteiger partial charge in [0.2, 0.25) is 23.6 Å². The first-order valence-electron chi connectivity index (χ1n) is 12.3. The smallest absolute Gasteiger partial charge is 0.326 e. The second-order valence-corrected chi connectivity index (χ2v) is 9.27. The van der Waals surface area contributed by atoms with Gasteiger partial charge in [-0.2, -0.15) is 12.6 Å². The maximum Gasteiger partial charge on any atom is 0.326 e. The van der Waals surface area contributed by atoms with Crippen molar-refractivity contribution in [2.24, 2.45) is 11.5 Å². The first-order valence-corrected chi connectivity index (χ1v) is 13.0. The van der Waals surface area contributed by atoms with Gasteiger partial charge in [-0.1, -0.05) is 18.6 Å². The Balaban J connectivity index is 2.67. The van der Waals surface area contributed by atoms with Crippen LogP contribution in [0.1, 0.15) is 31.7 Å². The molecule has 0 heterocycles. The fourth-order valence-electron chi connectivity index (χ4n) is 3.36. The largest absolute Gasteiger partial charge is 0.508 e. The molecule has 15 heteroatoms. The number of hydrogen-bond donors (Lipinski definition) is 10. The summed E-state index contributed by atoms with van der Waals surface area (Å²) in [5, 5.41) is 38.1. The van der Waals surface area contributed by atoms with Gasteiger partial charge in [0.1, 0.15) is 23.9 Å². The van der Waals surface area contributed by atoms with Gasteiger partial charge < -0.3 is 48.1 Å². The fourth-order valence-corrected chi connectivity index (χ4v) is 3.62. The van der Waals surface area contributed by atoms with Gasteiger partial charge >= 0.3 is 5.97 Å². The van der Waals surface area contributed by atoms with Crippen LogP contribution in [-0.2, 0) is 30.4 Å². The molecule has 0 bridgehead atoms. The number of hydrogen-bond acceptors (Lipinski definition) is 10. The van der Waals surface area contributed by atoms with Crippen molar-refractivity contribution >= 4 is 42.2 Å². The third-order valence-electron chi connectivity index (χ3n) is 5.62. The van der Waals surface area contributed by atoms with E-state index < -0.39 is 66.4 Å². The van der Waals surface area contributed by atoms with Crippen LogP contribution in [0.3, 0.4) is 0 Å². The minimum absolute atomic E-state index is 0.00672. The van der Waals surface area contributed by atoms with Crippen molar-refractivity contribution in [3.05, 3.63) is 29.8 Å². The van der Waals surface area contributed by atoms with Crippen LogP contribution in [0.5, 0.6) is 5.75 Å². The lowest BCUT2D eigenvalue weighted by Gasteiger charge is -2.25. The number of carboxylic acids is 1. The SMILES string of the molecule is C[C@@H](O)[C@H](NC(=O)[C@@H](N)CCCCN)C(=O)N[C@@H](CS)C(=O)NCC(=O)N[C@@H](Cc1ccc(O)cc1)C(=O)O. The zero-order valence-corrected chi connectivity index (χ0v) is 22.5. The highest BCUT2D eigenvalue weighted by Crippen LogP contribution is 2.11.